The molecule has 1 aromatic carbocycles. The van der Waals surface area contributed by atoms with Gasteiger partial charge < -0.3 is 0 Å². The molecule has 0 aliphatic carbocycles. The average Bonchev–Trinajstić information content (AvgIpc) is 2.41. The van der Waals surface area contributed by atoms with Crippen molar-refractivity contribution in [1.82, 2.24) is 5.32 Å². The zero-order chi connectivity index (χ0) is 15.6. The molecule has 0 saturated carbocycles. The van der Waals surface area contributed by atoms with E-state index in [-0.39, 0.29) is 25.2 Å². The predicted octanol–water partition coefficient (Wildman–Crippen LogP) is 3.21. The first-order chi connectivity index (χ1) is 9.85. The third-order valence-electron chi connectivity index (χ3n) is 3.69. The Kier molecular flexibility index (Phi) is 4.91. The van der Waals surface area contributed by atoms with E-state index < -0.39 is 16.6 Å². The van der Waals surface area contributed by atoms with Crippen LogP contribution in [0.2, 0.25) is 10.0 Å². The van der Waals surface area contributed by atoms with Gasteiger partial charge in [-0.15, -0.1) is 0 Å². The zero-order valence-electron chi connectivity index (χ0n) is 10.9. The van der Waals surface area contributed by atoms with Gasteiger partial charge in [0.1, 0.15) is 0 Å². The number of halogens is 3. The molecule has 2 amide bonds. The fourth-order valence-electron chi connectivity index (χ4n) is 2.51. The molecule has 1 aliphatic heterocycles. The van der Waals surface area contributed by atoms with Gasteiger partial charge in [-0.3, -0.25) is 19.7 Å². The minimum Gasteiger partial charge on any atom is -0.296 e. The second-order valence-corrected chi connectivity index (χ2v) is 6.18. The van der Waals surface area contributed by atoms with Crippen molar-refractivity contribution in [2.45, 2.75) is 31.1 Å². The van der Waals surface area contributed by atoms with Gasteiger partial charge >= 0.3 is 0 Å². The van der Waals surface area contributed by atoms with Crippen LogP contribution in [0.15, 0.2) is 18.2 Å². The standard InChI is InChI=1S/C14H12Cl3NO3/c15-9-2-1-8(7-10(9)16)14(5-3-11(17)19)6-4-12(20)18-13(14)21/h1-2,7H,3-6H2,(H,18,20,21). The SMILES string of the molecule is O=C(Cl)CCC1(c2ccc(Cl)c(Cl)c2)CCC(=O)NC1=O. The second kappa shape index (κ2) is 6.34. The number of hydrogen-bond acceptors (Lipinski definition) is 3. The Morgan fingerprint density at radius 1 is 1.24 bits per heavy atom. The molecule has 4 nitrogen and oxygen atoms in total. The molecule has 21 heavy (non-hydrogen) atoms. The fourth-order valence-corrected chi connectivity index (χ4v) is 2.91. The number of imide groups is 1. The molecule has 1 atom stereocenters. The van der Waals surface area contributed by atoms with E-state index >= 15 is 0 Å². The van der Waals surface area contributed by atoms with Crippen molar-refractivity contribution >= 4 is 51.9 Å². The third kappa shape index (κ3) is 3.39. The summed E-state index contributed by atoms with van der Waals surface area (Å²) in [4.78, 5) is 34.8. The van der Waals surface area contributed by atoms with Crippen LogP contribution in [-0.4, -0.2) is 17.1 Å². The monoisotopic (exact) mass is 347 g/mol. The molecule has 0 aromatic heterocycles. The van der Waals surface area contributed by atoms with Gasteiger partial charge in [0, 0.05) is 12.8 Å². The molecule has 1 fully saturated rings. The number of piperidine rings is 1. The number of rotatable bonds is 4. The lowest BCUT2D eigenvalue weighted by atomic mass is 9.71. The topological polar surface area (TPSA) is 63.2 Å². The Morgan fingerprint density at radius 2 is 1.95 bits per heavy atom. The fraction of sp³-hybridized carbons (Fsp3) is 0.357. The van der Waals surface area contributed by atoms with Gasteiger partial charge in [0.05, 0.1) is 15.5 Å². The maximum absolute atomic E-state index is 12.4. The summed E-state index contributed by atoms with van der Waals surface area (Å²) < 4.78 is 0. The molecular weight excluding hydrogens is 337 g/mol. The summed E-state index contributed by atoms with van der Waals surface area (Å²) in [5.41, 5.74) is -0.369. The van der Waals surface area contributed by atoms with Gasteiger partial charge in [-0.1, -0.05) is 29.3 Å². The maximum Gasteiger partial charge on any atom is 0.237 e. The summed E-state index contributed by atoms with van der Waals surface area (Å²) in [5, 5.41) is 2.48. The molecule has 1 aliphatic rings. The summed E-state index contributed by atoms with van der Waals surface area (Å²) in [6, 6.07) is 4.87. The van der Waals surface area contributed by atoms with Crippen LogP contribution in [0.1, 0.15) is 31.2 Å². The Morgan fingerprint density at radius 3 is 2.52 bits per heavy atom. The summed E-state index contributed by atoms with van der Waals surface area (Å²) in [6.07, 6.45) is 0.748. The van der Waals surface area contributed by atoms with Crippen molar-refractivity contribution in [2.75, 3.05) is 0 Å². The molecule has 1 N–H and O–H groups in total. The van der Waals surface area contributed by atoms with Crippen molar-refractivity contribution in [2.24, 2.45) is 0 Å². The van der Waals surface area contributed by atoms with Crippen molar-refractivity contribution in [3.63, 3.8) is 0 Å². The summed E-state index contributed by atoms with van der Waals surface area (Å²) in [5.74, 6) is -0.761. The van der Waals surface area contributed by atoms with Crippen LogP contribution in [0.25, 0.3) is 0 Å². The van der Waals surface area contributed by atoms with Gasteiger partial charge in [-0.2, -0.15) is 0 Å². The summed E-state index contributed by atoms with van der Waals surface area (Å²) in [7, 11) is 0. The predicted molar refractivity (Wildman–Crippen MR) is 80.6 cm³/mol. The molecule has 1 saturated heterocycles. The van der Waals surface area contributed by atoms with Crippen molar-refractivity contribution in [3.8, 4) is 0 Å². The Balaban J connectivity index is 2.44. The lowest BCUT2D eigenvalue weighted by molar-refractivity contribution is -0.138. The minimum absolute atomic E-state index is 0.0312. The van der Waals surface area contributed by atoms with E-state index in [1.807, 2.05) is 0 Å². The van der Waals surface area contributed by atoms with Gasteiger partial charge in [-0.25, -0.2) is 0 Å². The van der Waals surface area contributed by atoms with E-state index in [1.54, 1.807) is 18.2 Å². The van der Waals surface area contributed by atoms with Crippen LogP contribution in [0.3, 0.4) is 0 Å². The number of hydrogen-bond donors (Lipinski definition) is 1. The molecule has 0 radical (unpaired) electrons. The van der Waals surface area contributed by atoms with Crippen LogP contribution >= 0.6 is 34.8 Å². The highest BCUT2D eigenvalue weighted by molar-refractivity contribution is 6.63. The molecule has 1 unspecified atom stereocenters. The molecule has 7 heteroatoms. The smallest absolute Gasteiger partial charge is 0.237 e. The minimum atomic E-state index is -0.993. The van der Waals surface area contributed by atoms with E-state index in [4.69, 9.17) is 34.8 Å². The highest BCUT2D eigenvalue weighted by Crippen LogP contribution is 2.39. The van der Waals surface area contributed by atoms with E-state index in [0.29, 0.717) is 22.0 Å². The number of carbonyl (C=O) groups is 3. The number of amides is 2. The Labute approximate surface area is 136 Å². The average molecular weight is 349 g/mol. The van der Waals surface area contributed by atoms with Crippen molar-refractivity contribution in [3.05, 3.63) is 33.8 Å². The van der Waals surface area contributed by atoms with Crippen molar-refractivity contribution < 1.29 is 14.4 Å². The van der Waals surface area contributed by atoms with Crippen LogP contribution < -0.4 is 5.32 Å². The Bertz CT molecular complexity index is 617. The molecule has 0 bridgehead atoms. The second-order valence-electron chi connectivity index (χ2n) is 4.94. The highest BCUT2D eigenvalue weighted by atomic mass is 35.5. The van der Waals surface area contributed by atoms with Crippen LogP contribution in [0.5, 0.6) is 0 Å². The lowest BCUT2D eigenvalue weighted by Gasteiger charge is -2.35. The number of benzene rings is 1. The van der Waals surface area contributed by atoms with Gasteiger partial charge in [0.15, 0.2) is 0 Å². The quantitative estimate of drug-likeness (QED) is 0.671. The zero-order valence-corrected chi connectivity index (χ0v) is 13.2. The first-order valence-electron chi connectivity index (χ1n) is 6.33. The van der Waals surface area contributed by atoms with E-state index in [0.717, 1.165) is 0 Å². The molecule has 2 rings (SSSR count). The Hall–Kier alpha value is -1.10. The molecule has 0 spiro atoms. The van der Waals surface area contributed by atoms with Crippen LogP contribution in [-0.2, 0) is 19.8 Å². The molecule has 112 valence electrons. The van der Waals surface area contributed by atoms with Gasteiger partial charge in [-0.05, 0) is 42.1 Å². The molecule has 1 aromatic rings. The van der Waals surface area contributed by atoms with Crippen LogP contribution in [0.4, 0.5) is 0 Å². The molecular formula is C14H12Cl3NO3. The summed E-state index contributed by atoms with van der Waals surface area (Å²) >= 11 is 17.3. The summed E-state index contributed by atoms with van der Waals surface area (Å²) in [6.45, 7) is 0. The highest BCUT2D eigenvalue weighted by Gasteiger charge is 2.44. The van der Waals surface area contributed by atoms with E-state index in [1.165, 1.54) is 0 Å². The molecule has 1 heterocycles. The van der Waals surface area contributed by atoms with E-state index in [2.05, 4.69) is 5.32 Å². The number of nitrogens with one attached hydrogen (secondary N) is 1. The normalized spacial score (nSPS) is 22.0. The van der Waals surface area contributed by atoms with Crippen LogP contribution in [0, 0.1) is 0 Å². The van der Waals surface area contributed by atoms with Crippen molar-refractivity contribution in [1.29, 1.82) is 0 Å². The first-order valence-corrected chi connectivity index (χ1v) is 7.47. The maximum atomic E-state index is 12.4. The third-order valence-corrected chi connectivity index (χ3v) is 4.61. The number of carbonyl (C=O) groups excluding carboxylic acids is 3. The van der Waals surface area contributed by atoms with Gasteiger partial charge in [0.25, 0.3) is 0 Å². The lowest BCUT2D eigenvalue weighted by Crippen LogP contribution is -2.51. The van der Waals surface area contributed by atoms with Gasteiger partial charge in [0.2, 0.25) is 17.1 Å². The van der Waals surface area contributed by atoms with E-state index in [9.17, 15) is 14.4 Å². The largest absolute Gasteiger partial charge is 0.296 e. The first kappa shape index (κ1) is 16.3.